The first-order valence-electron chi connectivity index (χ1n) is 8.59. The summed E-state index contributed by atoms with van der Waals surface area (Å²) in [6, 6.07) is 9.85. The highest BCUT2D eigenvalue weighted by atomic mass is 19.4. The second-order valence-electron chi connectivity index (χ2n) is 6.46. The molecule has 0 amide bonds. The highest BCUT2D eigenvalue weighted by Crippen LogP contribution is 2.36. The number of nitrogens with two attached hydrogens (primary N) is 1. The first-order valence-corrected chi connectivity index (χ1v) is 8.59. The predicted octanol–water partition coefficient (Wildman–Crippen LogP) is 1.94. The standard InChI is InChI=1S/C18H18FNO2.C2HF3O2/c1-11-16(21)6-5-15(18(11)22)17-13(7-8-20-17)9-12-3-2-4-14(19)10-12;3-2(4,5)1(6)7/h2-6,9-10,17,20-22H,7-8H2,1H3;(H,6,7)/b13-9+;. The van der Waals surface area contributed by atoms with Crippen molar-refractivity contribution in [1.29, 1.82) is 0 Å². The SMILES string of the molecule is Cc1c(O)ccc(C2[NH2+]CC/C2=C\c2cccc(F)c2)c1O.O=C([O-])C(F)(F)F. The van der Waals surface area contributed by atoms with Crippen LogP contribution in [0.3, 0.4) is 0 Å². The lowest BCUT2D eigenvalue weighted by Gasteiger charge is -2.14. The van der Waals surface area contributed by atoms with Crippen LogP contribution in [0.25, 0.3) is 6.08 Å². The second kappa shape index (κ2) is 8.95. The number of hydrogen-bond donors (Lipinski definition) is 3. The average molecular weight is 413 g/mol. The summed E-state index contributed by atoms with van der Waals surface area (Å²) in [6.45, 7) is 2.62. The zero-order valence-corrected chi connectivity index (χ0v) is 15.3. The first-order chi connectivity index (χ1) is 13.5. The fraction of sp³-hybridized carbons (Fsp3) is 0.250. The third kappa shape index (κ3) is 5.71. The number of halogens is 4. The van der Waals surface area contributed by atoms with Gasteiger partial charge in [-0.15, -0.1) is 0 Å². The maximum atomic E-state index is 13.3. The van der Waals surface area contributed by atoms with Crippen LogP contribution in [0.15, 0.2) is 42.0 Å². The van der Waals surface area contributed by atoms with Crippen molar-refractivity contribution in [3.63, 3.8) is 0 Å². The summed E-state index contributed by atoms with van der Waals surface area (Å²) >= 11 is 0. The van der Waals surface area contributed by atoms with E-state index in [0.29, 0.717) is 5.56 Å². The van der Waals surface area contributed by atoms with Gasteiger partial charge in [-0.3, -0.25) is 0 Å². The molecular formula is C20H19F4NO4. The number of carbonyl (C=O) groups is 1. The number of aromatic hydroxyl groups is 2. The minimum Gasteiger partial charge on any atom is -0.542 e. The number of quaternary nitrogens is 1. The number of benzene rings is 2. The summed E-state index contributed by atoms with van der Waals surface area (Å²) in [7, 11) is 0. The van der Waals surface area contributed by atoms with Crippen LogP contribution in [-0.2, 0) is 4.79 Å². The van der Waals surface area contributed by atoms with Crippen LogP contribution in [0.2, 0.25) is 0 Å². The van der Waals surface area contributed by atoms with Crippen molar-refractivity contribution < 1.29 is 43.0 Å². The summed E-state index contributed by atoms with van der Waals surface area (Å²) in [5, 5.41) is 30.9. The molecule has 156 valence electrons. The van der Waals surface area contributed by atoms with Crippen LogP contribution >= 0.6 is 0 Å². The number of alkyl halides is 3. The lowest BCUT2D eigenvalue weighted by Crippen LogP contribution is -2.82. The number of phenolic OH excluding ortho intramolecular Hbond substituents is 2. The Morgan fingerprint density at radius 2 is 1.90 bits per heavy atom. The lowest BCUT2D eigenvalue weighted by molar-refractivity contribution is -0.671. The third-order valence-electron chi connectivity index (χ3n) is 4.44. The Kier molecular flexibility index (Phi) is 6.86. The molecule has 1 unspecified atom stereocenters. The van der Waals surface area contributed by atoms with Gasteiger partial charge in [0.1, 0.15) is 29.3 Å². The molecule has 2 aromatic rings. The highest BCUT2D eigenvalue weighted by molar-refractivity contribution is 5.70. The predicted molar refractivity (Wildman–Crippen MR) is 94.1 cm³/mol. The topological polar surface area (TPSA) is 97.2 Å². The maximum absolute atomic E-state index is 13.3. The third-order valence-corrected chi connectivity index (χ3v) is 4.44. The van der Waals surface area contributed by atoms with E-state index in [2.05, 4.69) is 5.32 Å². The molecule has 2 aromatic carbocycles. The molecule has 1 saturated heterocycles. The van der Waals surface area contributed by atoms with E-state index < -0.39 is 12.1 Å². The number of aliphatic carboxylic acids is 1. The van der Waals surface area contributed by atoms with Gasteiger partial charge in [-0.2, -0.15) is 13.2 Å². The lowest BCUT2D eigenvalue weighted by atomic mass is 9.95. The normalized spacial score (nSPS) is 17.7. The van der Waals surface area contributed by atoms with Gasteiger partial charge in [0.15, 0.2) is 0 Å². The van der Waals surface area contributed by atoms with E-state index in [-0.39, 0.29) is 23.4 Å². The van der Waals surface area contributed by atoms with Crippen molar-refractivity contribution in [3.8, 4) is 11.5 Å². The second-order valence-corrected chi connectivity index (χ2v) is 6.46. The summed E-state index contributed by atoms with van der Waals surface area (Å²) in [5.41, 5.74) is 3.25. The highest BCUT2D eigenvalue weighted by Gasteiger charge is 2.30. The molecule has 1 aliphatic rings. The van der Waals surface area contributed by atoms with Gasteiger partial charge >= 0.3 is 6.18 Å². The molecule has 0 saturated carbocycles. The van der Waals surface area contributed by atoms with Crippen LogP contribution in [0.1, 0.15) is 29.2 Å². The van der Waals surface area contributed by atoms with Gasteiger partial charge in [0.2, 0.25) is 0 Å². The van der Waals surface area contributed by atoms with E-state index in [1.165, 1.54) is 12.1 Å². The number of rotatable bonds is 2. The summed E-state index contributed by atoms with van der Waals surface area (Å²) in [5.74, 6) is -3.04. The van der Waals surface area contributed by atoms with Crippen molar-refractivity contribution >= 4 is 12.0 Å². The molecule has 0 spiro atoms. The van der Waals surface area contributed by atoms with E-state index in [0.717, 1.165) is 29.7 Å². The number of carboxylic acid groups (broad SMARTS) is 1. The van der Waals surface area contributed by atoms with E-state index in [9.17, 15) is 27.8 Å². The molecule has 0 radical (unpaired) electrons. The number of phenols is 2. The maximum Gasteiger partial charge on any atom is 0.430 e. The minimum absolute atomic E-state index is 0.00238. The average Bonchev–Trinajstić information content (AvgIpc) is 3.07. The Morgan fingerprint density at radius 3 is 2.48 bits per heavy atom. The quantitative estimate of drug-likeness (QED) is 0.656. The molecule has 1 aliphatic heterocycles. The van der Waals surface area contributed by atoms with Gasteiger partial charge in [0, 0.05) is 12.0 Å². The Morgan fingerprint density at radius 1 is 1.24 bits per heavy atom. The van der Waals surface area contributed by atoms with Gasteiger partial charge in [-0.25, -0.2) is 4.39 Å². The van der Waals surface area contributed by atoms with Crippen LogP contribution in [0.5, 0.6) is 11.5 Å². The Bertz CT molecular complexity index is 925. The molecule has 0 bridgehead atoms. The van der Waals surface area contributed by atoms with Gasteiger partial charge in [0.05, 0.1) is 12.1 Å². The fourth-order valence-corrected chi connectivity index (χ4v) is 2.98. The van der Waals surface area contributed by atoms with E-state index in [1.807, 2.05) is 12.1 Å². The Balaban J connectivity index is 0.000000370. The summed E-state index contributed by atoms with van der Waals surface area (Å²) in [6.07, 6.45) is -2.32. The monoisotopic (exact) mass is 413 g/mol. The fourth-order valence-electron chi connectivity index (χ4n) is 2.98. The van der Waals surface area contributed by atoms with E-state index in [1.54, 1.807) is 25.1 Å². The van der Waals surface area contributed by atoms with Gasteiger partial charge in [-0.05, 0) is 48.4 Å². The van der Waals surface area contributed by atoms with Gasteiger partial charge < -0.3 is 25.4 Å². The molecule has 3 rings (SSSR count). The zero-order valence-electron chi connectivity index (χ0n) is 15.3. The van der Waals surface area contributed by atoms with Crippen molar-refractivity contribution in [3.05, 3.63) is 64.5 Å². The van der Waals surface area contributed by atoms with Crippen molar-refractivity contribution in [2.75, 3.05) is 6.54 Å². The van der Waals surface area contributed by atoms with E-state index >= 15 is 0 Å². The molecule has 5 nitrogen and oxygen atoms in total. The molecule has 0 aliphatic carbocycles. The van der Waals surface area contributed by atoms with Gasteiger partial charge in [0.25, 0.3) is 0 Å². The smallest absolute Gasteiger partial charge is 0.430 e. The summed E-state index contributed by atoms with van der Waals surface area (Å²) in [4.78, 5) is 8.78. The molecule has 29 heavy (non-hydrogen) atoms. The summed E-state index contributed by atoms with van der Waals surface area (Å²) < 4.78 is 44.9. The number of carbonyl (C=O) groups excluding carboxylic acids is 1. The van der Waals surface area contributed by atoms with Crippen LogP contribution in [0.4, 0.5) is 17.6 Å². The van der Waals surface area contributed by atoms with Crippen molar-refractivity contribution in [2.45, 2.75) is 25.6 Å². The molecule has 1 fully saturated rings. The molecule has 1 atom stereocenters. The van der Waals surface area contributed by atoms with Crippen LogP contribution < -0.4 is 10.4 Å². The zero-order chi connectivity index (χ0) is 21.8. The largest absolute Gasteiger partial charge is 0.542 e. The van der Waals surface area contributed by atoms with Crippen LogP contribution in [0, 0.1) is 12.7 Å². The van der Waals surface area contributed by atoms with Crippen molar-refractivity contribution in [1.82, 2.24) is 0 Å². The Hall–Kier alpha value is -3.07. The molecule has 0 aromatic heterocycles. The van der Waals surface area contributed by atoms with Crippen LogP contribution in [-0.4, -0.2) is 28.9 Å². The molecule has 1 heterocycles. The molecular weight excluding hydrogens is 394 g/mol. The van der Waals surface area contributed by atoms with Gasteiger partial charge in [-0.1, -0.05) is 12.1 Å². The minimum atomic E-state index is -5.19. The number of carboxylic acids is 1. The number of hydrogen-bond acceptors (Lipinski definition) is 4. The Labute approximate surface area is 163 Å². The van der Waals surface area contributed by atoms with Crippen molar-refractivity contribution in [2.24, 2.45) is 0 Å². The first kappa shape index (κ1) is 22.2. The van der Waals surface area contributed by atoms with E-state index in [4.69, 9.17) is 9.90 Å². The molecule has 9 heteroatoms. The molecule has 4 N–H and O–H groups in total.